The molecule has 1 atom stereocenters. The van der Waals surface area contributed by atoms with E-state index in [1.807, 2.05) is 31.2 Å². The zero-order valence-corrected chi connectivity index (χ0v) is 18.7. The summed E-state index contributed by atoms with van der Waals surface area (Å²) in [6, 6.07) is 14.9. The van der Waals surface area contributed by atoms with Gasteiger partial charge in [0.15, 0.2) is 6.10 Å². The van der Waals surface area contributed by atoms with Crippen LogP contribution >= 0.6 is 0 Å². The average Bonchev–Trinajstić information content (AvgIpc) is 2.72. The lowest BCUT2D eigenvalue weighted by atomic mass is 9.87. The van der Waals surface area contributed by atoms with Gasteiger partial charge in [-0.2, -0.15) is 0 Å². The first-order valence-electron chi connectivity index (χ1n) is 10.7. The van der Waals surface area contributed by atoms with E-state index in [4.69, 9.17) is 4.74 Å². The molecule has 0 saturated carbocycles. The molecule has 0 fully saturated rings. The molecule has 162 valence electrons. The topological polar surface area (TPSA) is 67.4 Å². The predicted octanol–water partition coefficient (Wildman–Crippen LogP) is 5.31. The van der Waals surface area contributed by atoms with Crippen LogP contribution in [-0.2, 0) is 10.2 Å². The van der Waals surface area contributed by atoms with Crippen LogP contribution in [0.2, 0.25) is 0 Å². The van der Waals surface area contributed by atoms with E-state index in [-0.39, 0.29) is 17.2 Å². The number of carbonyl (C=O) groups is 2. The molecule has 5 heteroatoms. The van der Waals surface area contributed by atoms with Gasteiger partial charge < -0.3 is 15.4 Å². The Morgan fingerprint density at radius 3 is 2.27 bits per heavy atom. The summed E-state index contributed by atoms with van der Waals surface area (Å²) in [5, 5.41) is 5.76. The zero-order chi connectivity index (χ0) is 22.1. The Morgan fingerprint density at radius 2 is 1.67 bits per heavy atom. The third-order valence-corrected chi connectivity index (χ3v) is 4.91. The molecule has 2 rings (SSSR count). The van der Waals surface area contributed by atoms with Crippen LogP contribution in [0.15, 0.2) is 48.5 Å². The Kier molecular flexibility index (Phi) is 8.46. The highest BCUT2D eigenvalue weighted by Gasteiger charge is 2.21. The van der Waals surface area contributed by atoms with E-state index < -0.39 is 6.10 Å². The number of carbonyl (C=O) groups excluding carboxylic acids is 2. The molecule has 2 aromatic rings. The molecule has 0 aliphatic heterocycles. The normalized spacial score (nSPS) is 12.2. The molecule has 1 unspecified atom stereocenters. The summed E-state index contributed by atoms with van der Waals surface area (Å²) in [6.07, 6.45) is 1.78. The van der Waals surface area contributed by atoms with Gasteiger partial charge >= 0.3 is 0 Å². The minimum atomic E-state index is -0.651. The fourth-order valence-corrected chi connectivity index (χ4v) is 3.00. The van der Waals surface area contributed by atoms with Gasteiger partial charge in [-0.15, -0.1) is 0 Å². The van der Waals surface area contributed by atoms with Crippen molar-refractivity contribution < 1.29 is 14.3 Å². The molecule has 2 amide bonds. The van der Waals surface area contributed by atoms with Crippen LogP contribution < -0.4 is 15.4 Å². The first-order chi connectivity index (χ1) is 14.3. The Labute approximate surface area is 180 Å². The standard InChI is InChI=1S/C25H34N2O3/c1-6-8-17-26-23(28)20-11-9-10-12-21(20)27-24(29)22(7-2)30-19-15-13-18(14-16-19)25(3,4)5/h9-16,22H,6-8,17H2,1-5H3,(H,26,28)(H,27,29). The van der Waals surface area contributed by atoms with Crippen LogP contribution in [-0.4, -0.2) is 24.5 Å². The molecule has 0 aliphatic carbocycles. The molecule has 0 heterocycles. The third-order valence-electron chi connectivity index (χ3n) is 4.91. The quantitative estimate of drug-likeness (QED) is 0.551. The number of hydrogen-bond donors (Lipinski definition) is 2. The molecule has 0 spiro atoms. The smallest absolute Gasteiger partial charge is 0.265 e. The van der Waals surface area contributed by atoms with Gasteiger partial charge in [-0.25, -0.2) is 0 Å². The van der Waals surface area contributed by atoms with E-state index in [0.29, 0.717) is 30.0 Å². The lowest BCUT2D eigenvalue weighted by Crippen LogP contribution is -2.33. The van der Waals surface area contributed by atoms with Crippen molar-refractivity contribution in [3.8, 4) is 5.75 Å². The van der Waals surface area contributed by atoms with Gasteiger partial charge in [-0.1, -0.05) is 65.3 Å². The zero-order valence-electron chi connectivity index (χ0n) is 18.7. The monoisotopic (exact) mass is 410 g/mol. The summed E-state index contributed by atoms with van der Waals surface area (Å²) in [7, 11) is 0. The van der Waals surface area contributed by atoms with Gasteiger partial charge in [-0.3, -0.25) is 9.59 Å². The molecule has 0 aromatic heterocycles. The van der Waals surface area contributed by atoms with Crippen LogP contribution in [0.25, 0.3) is 0 Å². The second-order valence-corrected chi connectivity index (χ2v) is 8.43. The highest BCUT2D eigenvalue weighted by atomic mass is 16.5. The number of anilines is 1. The van der Waals surface area contributed by atoms with Crippen LogP contribution in [0.5, 0.6) is 5.75 Å². The highest BCUT2D eigenvalue weighted by Crippen LogP contribution is 2.25. The summed E-state index contributed by atoms with van der Waals surface area (Å²) >= 11 is 0. The summed E-state index contributed by atoms with van der Waals surface area (Å²) in [4.78, 5) is 25.3. The Hall–Kier alpha value is -2.82. The number of amides is 2. The van der Waals surface area contributed by atoms with Crippen LogP contribution in [0.1, 0.15) is 69.8 Å². The van der Waals surface area contributed by atoms with Crippen LogP contribution in [0.3, 0.4) is 0 Å². The van der Waals surface area contributed by atoms with Crippen molar-refractivity contribution in [3.63, 3.8) is 0 Å². The van der Waals surface area contributed by atoms with Crippen molar-refractivity contribution in [1.29, 1.82) is 0 Å². The molecule has 0 bridgehead atoms. The van der Waals surface area contributed by atoms with Gasteiger partial charge in [0.2, 0.25) is 0 Å². The molecule has 30 heavy (non-hydrogen) atoms. The molecule has 0 saturated heterocycles. The molecule has 2 N–H and O–H groups in total. The highest BCUT2D eigenvalue weighted by molar-refractivity contribution is 6.04. The number of benzene rings is 2. The predicted molar refractivity (Wildman–Crippen MR) is 122 cm³/mol. The summed E-state index contributed by atoms with van der Waals surface area (Å²) < 4.78 is 5.93. The van der Waals surface area contributed by atoms with Gasteiger partial charge in [-0.05, 0) is 48.1 Å². The summed E-state index contributed by atoms with van der Waals surface area (Å²) in [5.41, 5.74) is 2.20. The minimum Gasteiger partial charge on any atom is -0.481 e. The lowest BCUT2D eigenvalue weighted by Gasteiger charge is -2.21. The van der Waals surface area contributed by atoms with Crippen LogP contribution in [0.4, 0.5) is 5.69 Å². The van der Waals surface area contributed by atoms with Gasteiger partial charge in [0.25, 0.3) is 11.8 Å². The van der Waals surface area contributed by atoms with E-state index in [0.717, 1.165) is 12.8 Å². The minimum absolute atomic E-state index is 0.0570. The number of nitrogens with one attached hydrogen (secondary N) is 2. The SMILES string of the molecule is CCCCNC(=O)c1ccccc1NC(=O)C(CC)Oc1ccc(C(C)(C)C)cc1. The number of rotatable bonds is 9. The fraction of sp³-hybridized carbons (Fsp3) is 0.440. The van der Waals surface area contributed by atoms with Crippen molar-refractivity contribution >= 4 is 17.5 Å². The number of unbranched alkanes of at least 4 members (excludes halogenated alkanes) is 1. The second-order valence-electron chi connectivity index (χ2n) is 8.43. The van der Waals surface area contributed by atoms with Gasteiger partial charge in [0, 0.05) is 6.54 Å². The maximum Gasteiger partial charge on any atom is 0.265 e. The van der Waals surface area contributed by atoms with Crippen molar-refractivity contribution in [1.82, 2.24) is 5.32 Å². The first-order valence-corrected chi connectivity index (χ1v) is 10.7. The lowest BCUT2D eigenvalue weighted by molar-refractivity contribution is -0.122. The maximum absolute atomic E-state index is 12.8. The van der Waals surface area contributed by atoms with E-state index in [9.17, 15) is 9.59 Å². The van der Waals surface area contributed by atoms with E-state index >= 15 is 0 Å². The molecule has 0 radical (unpaired) electrons. The van der Waals surface area contributed by atoms with Crippen molar-refractivity contribution in [3.05, 3.63) is 59.7 Å². The maximum atomic E-state index is 12.8. The molecule has 0 aliphatic rings. The van der Waals surface area contributed by atoms with E-state index in [1.54, 1.807) is 24.3 Å². The van der Waals surface area contributed by atoms with Gasteiger partial charge in [0.05, 0.1) is 11.3 Å². The van der Waals surface area contributed by atoms with Crippen molar-refractivity contribution in [2.24, 2.45) is 0 Å². The summed E-state index contributed by atoms with van der Waals surface area (Å²) in [6.45, 7) is 11.0. The number of para-hydroxylation sites is 1. The molecular formula is C25H34N2O3. The van der Waals surface area contributed by atoms with Crippen molar-refractivity contribution in [2.75, 3.05) is 11.9 Å². The molecular weight excluding hydrogens is 376 g/mol. The second kappa shape index (κ2) is 10.8. The number of hydrogen-bond acceptors (Lipinski definition) is 3. The average molecular weight is 411 g/mol. The fourth-order valence-electron chi connectivity index (χ4n) is 3.00. The number of ether oxygens (including phenoxy) is 1. The first kappa shape index (κ1) is 23.5. The summed E-state index contributed by atoms with van der Waals surface area (Å²) in [5.74, 6) is 0.188. The molecule has 2 aromatic carbocycles. The van der Waals surface area contributed by atoms with Crippen molar-refractivity contribution in [2.45, 2.75) is 65.4 Å². The Bertz CT molecular complexity index is 838. The Morgan fingerprint density at radius 1 is 1.00 bits per heavy atom. The molecule has 5 nitrogen and oxygen atoms in total. The third kappa shape index (κ3) is 6.61. The van der Waals surface area contributed by atoms with Gasteiger partial charge in [0.1, 0.15) is 5.75 Å². The van der Waals surface area contributed by atoms with Crippen LogP contribution in [0, 0.1) is 0 Å². The van der Waals surface area contributed by atoms with E-state index in [1.165, 1.54) is 5.56 Å². The Balaban J connectivity index is 2.07. The van der Waals surface area contributed by atoms with E-state index in [2.05, 4.69) is 38.3 Å². The largest absolute Gasteiger partial charge is 0.481 e.